The fraction of sp³-hybridized carbons (Fsp3) is 0.586. The number of nitrogens with one attached hydrogen (secondary N) is 1. The van der Waals surface area contributed by atoms with Crippen LogP contribution in [-0.4, -0.2) is 27.6 Å². The van der Waals surface area contributed by atoms with Gasteiger partial charge in [0.25, 0.3) is 5.91 Å². The molecule has 1 heterocycles. The topological polar surface area (TPSA) is 71.3 Å². The van der Waals surface area contributed by atoms with Crippen molar-refractivity contribution < 1.29 is 27.9 Å². The Hall–Kier alpha value is -2.77. The minimum Gasteiger partial charge on any atom is -0.481 e. The number of hydrogen-bond acceptors (Lipinski definition) is 2. The van der Waals surface area contributed by atoms with Crippen LogP contribution in [0.1, 0.15) is 97.5 Å². The van der Waals surface area contributed by atoms with E-state index < -0.39 is 23.6 Å². The Balaban J connectivity index is 1.52. The molecule has 0 unspecified atom stereocenters. The van der Waals surface area contributed by atoms with Crippen LogP contribution in [0.3, 0.4) is 0 Å². The number of aliphatic carboxylic acids is 1. The largest absolute Gasteiger partial charge is 0.481 e. The molecule has 1 aromatic heterocycles. The van der Waals surface area contributed by atoms with Gasteiger partial charge in [-0.1, -0.05) is 39.0 Å². The van der Waals surface area contributed by atoms with Crippen molar-refractivity contribution >= 4 is 11.9 Å². The third-order valence-electron chi connectivity index (χ3n) is 8.88. The zero-order valence-corrected chi connectivity index (χ0v) is 21.5. The normalized spacial score (nSPS) is 23.4. The van der Waals surface area contributed by atoms with E-state index in [1.54, 1.807) is 6.20 Å². The number of carboxylic acids is 1. The fourth-order valence-electron chi connectivity index (χ4n) is 5.95. The third kappa shape index (κ3) is 5.30. The van der Waals surface area contributed by atoms with Gasteiger partial charge < -0.3 is 15.0 Å². The van der Waals surface area contributed by atoms with E-state index in [0.717, 1.165) is 49.8 Å². The van der Waals surface area contributed by atoms with Gasteiger partial charge in [0.15, 0.2) is 0 Å². The predicted octanol–water partition coefficient (Wildman–Crippen LogP) is 6.57. The molecule has 1 amide bonds. The Kier molecular flexibility index (Phi) is 6.65. The quantitative estimate of drug-likeness (QED) is 0.437. The van der Waals surface area contributed by atoms with E-state index in [0.29, 0.717) is 42.0 Å². The van der Waals surface area contributed by atoms with Crippen molar-refractivity contribution in [1.82, 2.24) is 9.88 Å². The summed E-state index contributed by atoms with van der Waals surface area (Å²) in [6.45, 7) is 3.87. The lowest BCUT2D eigenvalue weighted by molar-refractivity contribution is -0.145. The van der Waals surface area contributed by atoms with Crippen LogP contribution < -0.4 is 5.32 Å². The minimum absolute atomic E-state index is 0.201. The number of nitrogens with zero attached hydrogens (tertiary/aromatic N) is 1. The first-order valence-corrected chi connectivity index (χ1v) is 13.4. The molecule has 5 nitrogen and oxygen atoms in total. The summed E-state index contributed by atoms with van der Waals surface area (Å²) < 4.78 is 43.6. The average molecular weight is 517 g/mol. The molecular weight excluding hydrogens is 481 g/mol. The standard InChI is InChI=1S/C29H35F3N2O3/c1-17-24(26(35)33-22-11-19(12-22)27(36)37)16-34(25(17)10-18-6-4-3-5-7-18)23-14-20(28(2)8-9-28)13-21(15-23)29(30,31)32/h13-16,18-19,22H,3-12H2,1-2H3,(H,33,35)(H,36,37)/t19-,22-. The van der Waals surface area contributed by atoms with Gasteiger partial charge in [0.1, 0.15) is 0 Å². The zero-order chi connectivity index (χ0) is 26.5. The van der Waals surface area contributed by atoms with Crippen LogP contribution in [0, 0.1) is 18.8 Å². The molecular formula is C29H35F3N2O3. The molecule has 0 atom stereocenters. The highest BCUT2D eigenvalue weighted by atomic mass is 19.4. The number of carbonyl (C=O) groups is 2. The molecule has 2 N–H and O–H groups in total. The van der Waals surface area contributed by atoms with Gasteiger partial charge in [0.2, 0.25) is 0 Å². The minimum atomic E-state index is -4.47. The summed E-state index contributed by atoms with van der Waals surface area (Å²) in [4.78, 5) is 24.4. The Morgan fingerprint density at radius 3 is 2.38 bits per heavy atom. The van der Waals surface area contributed by atoms with Crippen molar-refractivity contribution in [3.05, 3.63) is 52.3 Å². The molecule has 3 saturated carbocycles. The van der Waals surface area contributed by atoms with E-state index in [1.165, 1.54) is 18.6 Å². The van der Waals surface area contributed by atoms with Gasteiger partial charge in [-0.3, -0.25) is 9.59 Å². The molecule has 37 heavy (non-hydrogen) atoms. The highest BCUT2D eigenvalue weighted by Crippen LogP contribution is 2.49. The molecule has 0 spiro atoms. The number of alkyl halides is 3. The lowest BCUT2D eigenvalue weighted by Gasteiger charge is -2.32. The van der Waals surface area contributed by atoms with E-state index in [4.69, 9.17) is 5.11 Å². The van der Waals surface area contributed by atoms with Crippen molar-refractivity contribution in [1.29, 1.82) is 0 Å². The van der Waals surface area contributed by atoms with Gasteiger partial charge in [-0.25, -0.2) is 0 Å². The highest BCUT2D eigenvalue weighted by Gasteiger charge is 2.42. The number of carboxylic acid groups (broad SMARTS) is 1. The van der Waals surface area contributed by atoms with Gasteiger partial charge in [-0.15, -0.1) is 0 Å². The fourth-order valence-corrected chi connectivity index (χ4v) is 5.95. The summed E-state index contributed by atoms with van der Waals surface area (Å²) in [5.41, 5.74) is 2.35. The van der Waals surface area contributed by atoms with E-state index >= 15 is 0 Å². The Labute approximate surface area is 215 Å². The highest BCUT2D eigenvalue weighted by molar-refractivity contribution is 5.96. The second kappa shape index (κ2) is 9.52. The lowest BCUT2D eigenvalue weighted by Crippen LogP contribution is -2.46. The number of amides is 1. The van der Waals surface area contributed by atoms with Crippen molar-refractivity contribution in [2.45, 2.75) is 95.7 Å². The van der Waals surface area contributed by atoms with Crippen LogP contribution in [0.15, 0.2) is 24.4 Å². The molecule has 3 aliphatic carbocycles. The predicted molar refractivity (Wildman–Crippen MR) is 134 cm³/mol. The lowest BCUT2D eigenvalue weighted by atomic mass is 9.80. The van der Waals surface area contributed by atoms with Crippen LogP contribution in [-0.2, 0) is 22.8 Å². The van der Waals surface area contributed by atoms with Gasteiger partial charge in [0, 0.05) is 23.6 Å². The van der Waals surface area contributed by atoms with E-state index in [2.05, 4.69) is 5.32 Å². The van der Waals surface area contributed by atoms with E-state index in [9.17, 15) is 22.8 Å². The monoisotopic (exact) mass is 516 g/mol. The van der Waals surface area contributed by atoms with Crippen LogP contribution in [0.2, 0.25) is 0 Å². The van der Waals surface area contributed by atoms with Gasteiger partial charge in [-0.05, 0) is 79.7 Å². The van der Waals surface area contributed by atoms with Crippen molar-refractivity contribution in [3.8, 4) is 5.69 Å². The number of benzene rings is 1. The maximum Gasteiger partial charge on any atom is 0.416 e. The second-order valence-electron chi connectivity index (χ2n) is 11.7. The first-order valence-electron chi connectivity index (χ1n) is 13.4. The number of halogens is 3. The summed E-state index contributed by atoms with van der Waals surface area (Å²) >= 11 is 0. The van der Waals surface area contributed by atoms with Gasteiger partial charge in [-0.2, -0.15) is 13.2 Å². The summed E-state index contributed by atoms with van der Waals surface area (Å²) in [5, 5.41) is 12.1. The molecule has 3 fully saturated rings. The summed E-state index contributed by atoms with van der Waals surface area (Å²) in [7, 11) is 0. The molecule has 0 bridgehead atoms. The molecule has 1 aromatic carbocycles. The Morgan fingerprint density at radius 1 is 1.11 bits per heavy atom. The number of hydrogen-bond donors (Lipinski definition) is 2. The third-order valence-corrected chi connectivity index (χ3v) is 8.88. The summed E-state index contributed by atoms with van der Waals surface area (Å²) in [5.74, 6) is -1.15. The summed E-state index contributed by atoms with van der Waals surface area (Å²) in [6.07, 6.45) is 6.11. The molecule has 0 aliphatic heterocycles. The number of aromatic nitrogens is 1. The maximum absolute atomic E-state index is 13.9. The van der Waals surface area contributed by atoms with Crippen molar-refractivity contribution in [2.75, 3.05) is 0 Å². The van der Waals surface area contributed by atoms with E-state index in [-0.39, 0.29) is 17.4 Å². The molecule has 2 aromatic rings. The first kappa shape index (κ1) is 25.9. The van der Waals surface area contributed by atoms with Gasteiger partial charge in [0.05, 0.1) is 17.0 Å². The van der Waals surface area contributed by atoms with Crippen LogP contribution in [0.5, 0.6) is 0 Å². The van der Waals surface area contributed by atoms with Crippen LogP contribution >= 0.6 is 0 Å². The van der Waals surface area contributed by atoms with Crippen molar-refractivity contribution in [3.63, 3.8) is 0 Å². The zero-order valence-electron chi connectivity index (χ0n) is 21.5. The Bertz CT molecular complexity index is 1180. The maximum atomic E-state index is 13.9. The van der Waals surface area contributed by atoms with Gasteiger partial charge >= 0.3 is 12.1 Å². The average Bonchev–Trinajstić information content (AvgIpc) is 3.50. The van der Waals surface area contributed by atoms with Crippen molar-refractivity contribution in [2.24, 2.45) is 11.8 Å². The van der Waals surface area contributed by atoms with Crippen LogP contribution in [0.25, 0.3) is 5.69 Å². The molecule has 3 aliphatic rings. The molecule has 0 saturated heterocycles. The molecule has 0 radical (unpaired) electrons. The second-order valence-corrected chi connectivity index (χ2v) is 11.7. The van der Waals surface area contributed by atoms with E-state index in [1.807, 2.05) is 24.5 Å². The van der Waals surface area contributed by atoms with Crippen LogP contribution in [0.4, 0.5) is 13.2 Å². The number of carbonyl (C=O) groups excluding carboxylic acids is 1. The first-order chi connectivity index (χ1) is 17.4. The molecule has 5 rings (SSSR count). The summed E-state index contributed by atoms with van der Waals surface area (Å²) in [6, 6.07) is 4.13. The molecule has 200 valence electrons. The SMILES string of the molecule is Cc1c(C(=O)N[C@H]2C[C@H](C(=O)O)C2)cn(-c2cc(C(F)(F)F)cc(C3(C)CC3)c2)c1CC1CCCCC1. The Morgan fingerprint density at radius 2 is 1.78 bits per heavy atom. The number of rotatable bonds is 7. The molecule has 8 heteroatoms. The smallest absolute Gasteiger partial charge is 0.416 e.